The van der Waals surface area contributed by atoms with Crippen molar-refractivity contribution in [1.82, 2.24) is 0 Å². The Balaban J connectivity index is 0.996. The van der Waals surface area contributed by atoms with Crippen molar-refractivity contribution in [3.8, 4) is 0 Å². The first kappa shape index (κ1) is 54.1. The zero-order valence-corrected chi connectivity index (χ0v) is 49.9. The second-order valence-electron chi connectivity index (χ2n) is 24.8. The Morgan fingerprint density at radius 1 is 0.293 bits per heavy atom. The molecule has 4 aliphatic rings. The largest absolute Gasteiger partial charge is 0.309 e. The number of allylic oxidation sites excluding steroid dienone is 4. The van der Waals surface area contributed by atoms with Gasteiger partial charge >= 0.3 is 0 Å². The van der Waals surface area contributed by atoms with Gasteiger partial charge in [0.2, 0.25) is 0 Å². The van der Waals surface area contributed by atoms with Gasteiger partial charge in [0, 0.05) is 22.1 Å². The van der Waals surface area contributed by atoms with E-state index in [1.807, 2.05) is 0 Å². The van der Waals surface area contributed by atoms with Crippen molar-refractivity contribution in [1.29, 1.82) is 0 Å². The minimum absolute atomic E-state index is 0.958. The fourth-order valence-electron chi connectivity index (χ4n) is 15.2. The summed E-state index contributed by atoms with van der Waals surface area (Å²) >= 11 is 0. The van der Waals surface area contributed by atoms with Crippen molar-refractivity contribution in [3.63, 3.8) is 0 Å². The standard InChI is InChI=1S/C80H86N2/c1-5-63-51-61(49-57-27-17-11-18-28-57)52-64(6-2)79(63)81(67-39-35-59(36-40-67)47-55-23-13-9-14-24-55)75-45-43-71-70-32-22-34-74-76(46-44-72(78(70)74)69-31-21-33-73(75)77(69)71)82(68-41-37-60(38-42-68)48-56-25-15-10-16-26-56)80-65(7-3)53-62(54-66(80)8-4)50-58-29-19-12-20-30-58/h21-22,31-54H,5-20,23-30H2,1-4H3. The van der Waals surface area contributed by atoms with Crippen molar-refractivity contribution in [3.05, 3.63) is 200 Å². The predicted octanol–water partition coefficient (Wildman–Crippen LogP) is 24.3. The van der Waals surface area contributed by atoms with E-state index in [-0.39, 0.29) is 0 Å². The van der Waals surface area contributed by atoms with Crippen molar-refractivity contribution >= 4 is 102 Å². The van der Waals surface area contributed by atoms with Gasteiger partial charge in [0.05, 0.1) is 22.7 Å². The predicted molar refractivity (Wildman–Crippen MR) is 359 cm³/mol. The van der Waals surface area contributed by atoms with Crippen LogP contribution >= 0.6 is 0 Å². The zero-order chi connectivity index (χ0) is 55.5. The summed E-state index contributed by atoms with van der Waals surface area (Å²) in [7, 11) is 0. The van der Waals surface area contributed by atoms with Gasteiger partial charge in [0.1, 0.15) is 0 Å². The summed E-state index contributed by atoms with van der Waals surface area (Å²) in [5.74, 6) is 0. The molecule has 0 unspecified atom stereocenters. The van der Waals surface area contributed by atoms with Gasteiger partial charge in [-0.15, -0.1) is 0 Å². The summed E-state index contributed by atoms with van der Waals surface area (Å²) in [6.07, 6.45) is 39.6. The quantitative estimate of drug-likeness (QED) is 0.0791. The smallest absolute Gasteiger partial charge is 0.0540 e. The van der Waals surface area contributed by atoms with Gasteiger partial charge in [-0.25, -0.2) is 0 Å². The minimum atomic E-state index is 0.958. The van der Waals surface area contributed by atoms with E-state index in [4.69, 9.17) is 0 Å². The number of anilines is 6. The molecule has 9 aromatic carbocycles. The molecule has 0 N–H and O–H groups in total. The second-order valence-corrected chi connectivity index (χ2v) is 24.8. The zero-order valence-electron chi connectivity index (χ0n) is 49.9. The maximum Gasteiger partial charge on any atom is 0.0540 e. The molecule has 0 spiro atoms. The SMILES string of the molecule is CCc1cc(C=C2CCCCC2)cc(CC)c1N(c1ccc(C=C2CCCCC2)cc1)c1ccc2c3cccc4c(N(c5ccc(C=C6CCCCC6)cc5)c5c(CC)cc(C=C6CCCCC6)cc5CC)ccc(c5cccc1c52)c43. The molecule has 0 atom stereocenters. The highest BCUT2D eigenvalue weighted by molar-refractivity contribution is 6.35. The molecule has 82 heavy (non-hydrogen) atoms. The molecule has 9 aromatic rings. The number of benzene rings is 9. The highest BCUT2D eigenvalue weighted by Gasteiger charge is 2.27. The van der Waals surface area contributed by atoms with E-state index < -0.39 is 0 Å². The highest BCUT2D eigenvalue weighted by Crippen LogP contribution is 2.51. The maximum absolute atomic E-state index is 2.65. The second kappa shape index (κ2) is 24.4. The molecule has 416 valence electrons. The molecule has 0 heterocycles. The van der Waals surface area contributed by atoms with Crippen LogP contribution in [0.2, 0.25) is 0 Å². The maximum atomic E-state index is 2.65. The molecule has 0 aliphatic heterocycles. The number of hydrogen-bond donors (Lipinski definition) is 0. The summed E-state index contributed by atoms with van der Waals surface area (Å²) < 4.78 is 0. The first-order valence-corrected chi connectivity index (χ1v) is 32.5. The van der Waals surface area contributed by atoms with Crippen molar-refractivity contribution in [2.75, 3.05) is 9.80 Å². The van der Waals surface area contributed by atoms with Crippen LogP contribution in [-0.2, 0) is 25.7 Å². The van der Waals surface area contributed by atoms with Crippen LogP contribution < -0.4 is 9.80 Å². The summed E-state index contributed by atoms with van der Waals surface area (Å²) in [6, 6.07) is 53.4. The van der Waals surface area contributed by atoms with Crippen LogP contribution in [0.5, 0.6) is 0 Å². The van der Waals surface area contributed by atoms with Crippen LogP contribution in [0.1, 0.15) is 201 Å². The van der Waals surface area contributed by atoms with E-state index >= 15 is 0 Å². The lowest BCUT2D eigenvalue weighted by atomic mass is 9.87. The van der Waals surface area contributed by atoms with E-state index in [2.05, 4.69) is 195 Å². The van der Waals surface area contributed by atoms with Gasteiger partial charge in [0.15, 0.2) is 0 Å². The fourth-order valence-corrected chi connectivity index (χ4v) is 15.2. The van der Waals surface area contributed by atoms with Crippen LogP contribution in [0.3, 0.4) is 0 Å². The molecule has 0 amide bonds. The number of fused-ring (bicyclic) bond motifs is 2. The first-order valence-electron chi connectivity index (χ1n) is 32.5. The third kappa shape index (κ3) is 10.8. The minimum Gasteiger partial charge on any atom is -0.309 e. The third-order valence-electron chi connectivity index (χ3n) is 19.4. The van der Waals surface area contributed by atoms with Crippen molar-refractivity contribution in [2.24, 2.45) is 0 Å². The first-order chi connectivity index (χ1) is 40.5. The Hall–Kier alpha value is -7.16. The van der Waals surface area contributed by atoms with Crippen molar-refractivity contribution in [2.45, 2.75) is 182 Å². The Kier molecular flexibility index (Phi) is 16.1. The van der Waals surface area contributed by atoms with Crippen LogP contribution in [0.4, 0.5) is 34.1 Å². The summed E-state index contributed by atoms with van der Waals surface area (Å²) in [4.78, 5) is 5.30. The van der Waals surface area contributed by atoms with Gasteiger partial charge in [-0.05, 0) is 266 Å². The van der Waals surface area contributed by atoms with E-state index in [1.54, 1.807) is 22.3 Å². The lowest BCUT2D eigenvalue weighted by Crippen LogP contribution is -2.16. The molecule has 2 heteroatoms. The lowest BCUT2D eigenvalue weighted by Gasteiger charge is -2.32. The number of nitrogens with zero attached hydrogens (tertiary/aromatic N) is 2. The molecular formula is C80H86N2. The number of rotatable bonds is 14. The average Bonchev–Trinajstić information content (AvgIpc) is 3.69. The Morgan fingerprint density at radius 2 is 0.573 bits per heavy atom. The Morgan fingerprint density at radius 3 is 0.878 bits per heavy atom. The van der Waals surface area contributed by atoms with Gasteiger partial charge in [0.25, 0.3) is 0 Å². The Bertz CT molecular complexity index is 3550. The third-order valence-corrected chi connectivity index (χ3v) is 19.4. The molecule has 13 rings (SSSR count). The monoisotopic (exact) mass is 1070 g/mol. The van der Waals surface area contributed by atoms with E-state index in [1.165, 1.54) is 250 Å². The number of aryl methyl sites for hydroxylation is 4. The van der Waals surface area contributed by atoms with Crippen LogP contribution in [-0.4, -0.2) is 0 Å². The normalized spacial score (nSPS) is 16.1. The fraction of sp³-hybridized carbons (Fsp3) is 0.350. The highest BCUT2D eigenvalue weighted by atomic mass is 15.2. The van der Waals surface area contributed by atoms with Crippen LogP contribution in [0, 0.1) is 0 Å². The molecule has 4 saturated carbocycles. The summed E-state index contributed by atoms with van der Waals surface area (Å²) in [6.45, 7) is 9.45. The van der Waals surface area contributed by atoms with Gasteiger partial charge in [-0.2, -0.15) is 0 Å². The number of hydrogen-bond acceptors (Lipinski definition) is 2. The van der Waals surface area contributed by atoms with Crippen molar-refractivity contribution < 1.29 is 0 Å². The molecule has 4 fully saturated rings. The molecule has 0 radical (unpaired) electrons. The molecule has 2 nitrogen and oxygen atoms in total. The molecule has 0 aromatic heterocycles. The van der Waals surface area contributed by atoms with E-state index in [9.17, 15) is 0 Å². The average molecular weight is 1080 g/mol. The topological polar surface area (TPSA) is 6.48 Å². The molecule has 0 bridgehead atoms. The molecule has 4 aliphatic carbocycles. The molecule has 0 saturated heterocycles. The summed E-state index contributed by atoms with van der Waals surface area (Å²) in [5.41, 5.74) is 25.0. The van der Waals surface area contributed by atoms with E-state index in [0.717, 1.165) is 25.7 Å². The lowest BCUT2D eigenvalue weighted by molar-refractivity contribution is 0.602. The Labute approximate surface area is 490 Å². The van der Waals surface area contributed by atoms with Gasteiger partial charge in [-0.3, -0.25) is 0 Å². The summed E-state index contributed by atoms with van der Waals surface area (Å²) in [5, 5.41) is 10.5. The van der Waals surface area contributed by atoms with Gasteiger partial charge in [-0.1, -0.05) is 173 Å². The van der Waals surface area contributed by atoms with E-state index in [0.29, 0.717) is 0 Å². The van der Waals surface area contributed by atoms with Crippen LogP contribution in [0.25, 0.3) is 67.4 Å². The van der Waals surface area contributed by atoms with Gasteiger partial charge < -0.3 is 9.80 Å². The van der Waals surface area contributed by atoms with Crippen LogP contribution in [0.15, 0.2) is 156 Å². The molecular weight excluding hydrogens is 989 g/mol.